The molecule has 0 aromatic heterocycles. The van der Waals surface area contributed by atoms with Crippen LogP contribution in [0.4, 0.5) is 0 Å². The number of rotatable bonds is 4. The number of carbonyl (C=O) groups is 1. The molecule has 0 aliphatic carbocycles. The van der Waals surface area contributed by atoms with Crippen LogP contribution in [0.3, 0.4) is 0 Å². The van der Waals surface area contributed by atoms with Crippen LogP contribution in [0, 0.1) is 0 Å². The van der Waals surface area contributed by atoms with Crippen LogP contribution < -0.4 is 10.6 Å². The predicted octanol–water partition coefficient (Wildman–Crippen LogP) is 1.39. The lowest BCUT2D eigenvalue weighted by atomic mass is 10.2. The number of amides is 1. The zero-order valence-corrected chi connectivity index (χ0v) is 10.1. The van der Waals surface area contributed by atoms with Crippen molar-refractivity contribution in [1.29, 1.82) is 0 Å². The molecule has 0 spiro atoms. The molecule has 1 aliphatic rings. The van der Waals surface area contributed by atoms with Gasteiger partial charge in [0.1, 0.15) is 0 Å². The molecular weight excluding hydrogens is 220 g/mol. The number of nitrogens with one attached hydrogen (secondary N) is 2. The molecule has 16 heavy (non-hydrogen) atoms. The maximum Gasteiger partial charge on any atom is 0.221 e. The highest BCUT2D eigenvalue weighted by Crippen LogP contribution is 2.14. The summed E-state index contributed by atoms with van der Waals surface area (Å²) in [6.07, 6.45) is 2.67. The van der Waals surface area contributed by atoms with E-state index in [-0.39, 0.29) is 11.9 Å². The molecule has 86 valence electrons. The van der Waals surface area contributed by atoms with Gasteiger partial charge in [0.15, 0.2) is 0 Å². The fraction of sp³-hybridized carbons (Fsp3) is 0.417. The molecule has 1 saturated heterocycles. The van der Waals surface area contributed by atoms with Gasteiger partial charge in [0.05, 0.1) is 0 Å². The van der Waals surface area contributed by atoms with Gasteiger partial charge in [-0.3, -0.25) is 4.79 Å². The summed E-state index contributed by atoms with van der Waals surface area (Å²) in [6.45, 7) is 1.58. The summed E-state index contributed by atoms with van der Waals surface area (Å²) >= 11 is 1.75. The largest absolute Gasteiger partial charge is 0.354 e. The smallest absolute Gasteiger partial charge is 0.221 e. The van der Waals surface area contributed by atoms with E-state index in [9.17, 15) is 4.79 Å². The van der Waals surface area contributed by atoms with E-state index in [4.69, 9.17) is 0 Å². The molecule has 1 amide bonds. The standard InChI is InChI=1S/C12H16N2OS/c1-16-11-4-2-9(3-5-11)7-13-10-6-12(15)14-8-10/h2-5,10,13H,6-8H2,1H3,(H,14,15). The Kier molecular flexibility index (Phi) is 3.85. The fourth-order valence-electron chi connectivity index (χ4n) is 1.76. The average Bonchev–Trinajstić information content (AvgIpc) is 2.73. The summed E-state index contributed by atoms with van der Waals surface area (Å²) in [7, 11) is 0. The highest BCUT2D eigenvalue weighted by Gasteiger charge is 2.20. The third-order valence-corrected chi connectivity index (χ3v) is 3.47. The molecule has 4 heteroatoms. The molecule has 0 radical (unpaired) electrons. The van der Waals surface area contributed by atoms with Crippen LogP contribution in [0.15, 0.2) is 29.2 Å². The average molecular weight is 236 g/mol. The monoisotopic (exact) mass is 236 g/mol. The van der Waals surface area contributed by atoms with Crippen molar-refractivity contribution >= 4 is 17.7 Å². The lowest BCUT2D eigenvalue weighted by Crippen LogP contribution is -2.30. The minimum Gasteiger partial charge on any atom is -0.354 e. The summed E-state index contributed by atoms with van der Waals surface area (Å²) in [5, 5.41) is 6.19. The van der Waals surface area contributed by atoms with E-state index in [1.165, 1.54) is 10.5 Å². The van der Waals surface area contributed by atoms with Gasteiger partial charge in [0.25, 0.3) is 0 Å². The maximum absolute atomic E-state index is 11.0. The summed E-state index contributed by atoms with van der Waals surface area (Å²) in [5.74, 6) is 0.148. The lowest BCUT2D eigenvalue weighted by molar-refractivity contribution is -0.119. The normalized spacial score (nSPS) is 19.8. The number of hydrogen-bond donors (Lipinski definition) is 2. The number of hydrogen-bond acceptors (Lipinski definition) is 3. The van der Waals surface area contributed by atoms with Crippen LogP contribution in [0.25, 0.3) is 0 Å². The zero-order valence-electron chi connectivity index (χ0n) is 9.32. The molecule has 0 saturated carbocycles. The van der Waals surface area contributed by atoms with Gasteiger partial charge in [-0.15, -0.1) is 11.8 Å². The van der Waals surface area contributed by atoms with Gasteiger partial charge >= 0.3 is 0 Å². The van der Waals surface area contributed by atoms with Crippen LogP contribution in [-0.2, 0) is 11.3 Å². The number of benzene rings is 1. The summed E-state index contributed by atoms with van der Waals surface area (Å²) in [4.78, 5) is 12.3. The number of carbonyl (C=O) groups excluding carboxylic acids is 1. The molecule has 0 bridgehead atoms. The van der Waals surface area contributed by atoms with E-state index < -0.39 is 0 Å². The lowest BCUT2D eigenvalue weighted by Gasteiger charge is -2.10. The van der Waals surface area contributed by atoms with Crippen molar-refractivity contribution in [2.45, 2.75) is 23.9 Å². The van der Waals surface area contributed by atoms with E-state index in [0.29, 0.717) is 6.42 Å². The van der Waals surface area contributed by atoms with Gasteiger partial charge in [0.2, 0.25) is 5.91 Å². The Labute approximate surface area is 100.0 Å². The quantitative estimate of drug-likeness (QED) is 0.776. The van der Waals surface area contributed by atoms with Gasteiger partial charge in [-0.25, -0.2) is 0 Å². The van der Waals surface area contributed by atoms with Crippen LogP contribution in [0.1, 0.15) is 12.0 Å². The molecule has 1 heterocycles. The molecule has 1 unspecified atom stereocenters. The zero-order chi connectivity index (χ0) is 11.4. The Morgan fingerprint density at radius 2 is 2.19 bits per heavy atom. The minimum absolute atomic E-state index is 0.148. The summed E-state index contributed by atoms with van der Waals surface area (Å²) in [5.41, 5.74) is 1.26. The third kappa shape index (κ3) is 3.00. The van der Waals surface area contributed by atoms with Crippen molar-refractivity contribution in [3.8, 4) is 0 Å². The molecule has 1 fully saturated rings. The van der Waals surface area contributed by atoms with E-state index in [1.54, 1.807) is 11.8 Å². The molecule has 1 aromatic rings. The van der Waals surface area contributed by atoms with E-state index in [0.717, 1.165) is 13.1 Å². The second-order valence-electron chi connectivity index (χ2n) is 3.93. The predicted molar refractivity (Wildman–Crippen MR) is 66.5 cm³/mol. The molecule has 1 aliphatic heterocycles. The van der Waals surface area contributed by atoms with Gasteiger partial charge < -0.3 is 10.6 Å². The van der Waals surface area contributed by atoms with Crippen LogP contribution >= 0.6 is 11.8 Å². The van der Waals surface area contributed by atoms with Crippen molar-refractivity contribution in [3.05, 3.63) is 29.8 Å². The topological polar surface area (TPSA) is 41.1 Å². The Morgan fingerprint density at radius 1 is 1.44 bits per heavy atom. The Morgan fingerprint density at radius 3 is 2.75 bits per heavy atom. The Hall–Kier alpha value is -1.00. The molecule has 1 atom stereocenters. The first-order chi connectivity index (χ1) is 7.78. The maximum atomic E-state index is 11.0. The Bertz CT molecular complexity index is 364. The summed E-state index contributed by atoms with van der Waals surface area (Å²) in [6, 6.07) is 8.79. The van der Waals surface area contributed by atoms with Crippen molar-refractivity contribution in [2.75, 3.05) is 12.8 Å². The first kappa shape index (κ1) is 11.5. The molecule has 3 nitrogen and oxygen atoms in total. The van der Waals surface area contributed by atoms with Crippen molar-refractivity contribution in [2.24, 2.45) is 0 Å². The Balaban J connectivity index is 1.82. The van der Waals surface area contributed by atoms with Gasteiger partial charge in [-0.1, -0.05) is 12.1 Å². The highest BCUT2D eigenvalue weighted by molar-refractivity contribution is 7.98. The van der Waals surface area contributed by atoms with E-state index >= 15 is 0 Å². The molecule has 1 aromatic carbocycles. The van der Waals surface area contributed by atoms with Crippen LogP contribution in [0.2, 0.25) is 0 Å². The van der Waals surface area contributed by atoms with E-state index in [2.05, 4.69) is 41.2 Å². The van der Waals surface area contributed by atoms with Gasteiger partial charge in [-0.2, -0.15) is 0 Å². The van der Waals surface area contributed by atoms with E-state index in [1.807, 2.05) is 0 Å². The van der Waals surface area contributed by atoms with Crippen molar-refractivity contribution < 1.29 is 4.79 Å². The number of thioether (sulfide) groups is 1. The minimum atomic E-state index is 0.148. The molecule has 2 rings (SSSR count). The first-order valence-electron chi connectivity index (χ1n) is 5.41. The first-order valence-corrected chi connectivity index (χ1v) is 6.63. The van der Waals surface area contributed by atoms with Gasteiger partial charge in [0, 0.05) is 30.4 Å². The fourth-order valence-corrected chi connectivity index (χ4v) is 2.16. The highest BCUT2D eigenvalue weighted by atomic mass is 32.2. The second kappa shape index (κ2) is 5.37. The molecular formula is C12H16N2OS. The van der Waals surface area contributed by atoms with Crippen molar-refractivity contribution in [3.63, 3.8) is 0 Å². The third-order valence-electron chi connectivity index (χ3n) is 2.73. The summed E-state index contributed by atoms with van der Waals surface area (Å²) < 4.78 is 0. The van der Waals surface area contributed by atoms with Crippen LogP contribution in [0.5, 0.6) is 0 Å². The van der Waals surface area contributed by atoms with Crippen molar-refractivity contribution in [1.82, 2.24) is 10.6 Å². The molecule has 2 N–H and O–H groups in total. The SMILES string of the molecule is CSc1ccc(CNC2CNC(=O)C2)cc1. The second-order valence-corrected chi connectivity index (χ2v) is 4.81. The van der Waals surface area contributed by atoms with Gasteiger partial charge in [-0.05, 0) is 24.0 Å². The van der Waals surface area contributed by atoms with Crippen LogP contribution in [-0.4, -0.2) is 24.7 Å².